The Balaban J connectivity index is 2.27. The molecule has 2 rings (SSSR count). The second kappa shape index (κ2) is 6.97. The number of benzene rings is 1. The van der Waals surface area contributed by atoms with Crippen molar-refractivity contribution >= 4 is 38.9 Å². The number of amides is 1. The Morgan fingerprint density at radius 2 is 1.91 bits per heavy atom. The van der Waals surface area contributed by atoms with E-state index in [0.29, 0.717) is 28.7 Å². The molecule has 1 fully saturated rings. The maximum atomic E-state index is 12.8. The molecule has 1 aromatic rings. The molecule has 128 valence electrons. The number of nitrogens with one attached hydrogen (secondary N) is 2. The molecule has 1 unspecified atom stereocenters. The van der Waals surface area contributed by atoms with Crippen LogP contribution in [-0.2, 0) is 14.6 Å². The molecule has 0 aliphatic carbocycles. The third kappa shape index (κ3) is 3.65. The lowest BCUT2D eigenvalue weighted by Crippen LogP contribution is -2.57. The van der Waals surface area contributed by atoms with Gasteiger partial charge in [-0.05, 0) is 44.5 Å². The molecule has 8 heteroatoms. The molecule has 23 heavy (non-hydrogen) atoms. The number of carbonyl (C=O) groups excluding carboxylic acids is 1. The largest absolute Gasteiger partial charge is 0.348 e. The highest BCUT2D eigenvalue weighted by molar-refractivity contribution is 7.92. The Labute approximate surface area is 146 Å². The van der Waals surface area contributed by atoms with Crippen molar-refractivity contribution in [1.29, 1.82) is 0 Å². The van der Waals surface area contributed by atoms with Gasteiger partial charge in [-0.1, -0.05) is 35.3 Å². The number of sulfone groups is 1. The standard InChI is InChI=1S/C15H20Cl2N2O3S/c1-10(11-4-3-5-12(16)13(11)17)19-14(20)15(23(2,21)22)6-8-18-9-7-15/h3-5,10,18H,6-9H2,1-2H3,(H,19,20). The summed E-state index contributed by atoms with van der Waals surface area (Å²) in [6.45, 7) is 2.74. The predicted molar refractivity (Wildman–Crippen MR) is 92.7 cm³/mol. The normalized spacial score (nSPS) is 19.1. The molecule has 0 radical (unpaired) electrons. The summed E-state index contributed by atoms with van der Waals surface area (Å²) in [7, 11) is -3.54. The number of rotatable bonds is 4. The zero-order valence-electron chi connectivity index (χ0n) is 13.0. The first-order valence-electron chi connectivity index (χ1n) is 7.34. The van der Waals surface area contributed by atoms with E-state index in [2.05, 4.69) is 10.6 Å². The monoisotopic (exact) mass is 378 g/mol. The third-order valence-corrected chi connectivity index (χ3v) is 7.18. The van der Waals surface area contributed by atoms with Crippen LogP contribution >= 0.6 is 23.2 Å². The van der Waals surface area contributed by atoms with Crippen molar-refractivity contribution in [3.63, 3.8) is 0 Å². The zero-order chi connectivity index (χ0) is 17.3. The first-order chi connectivity index (χ1) is 10.7. The van der Waals surface area contributed by atoms with Gasteiger partial charge in [0.25, 0.3) is 0 Å². The van der Waals surface area contributed by atoms with Crippen LogP contribution in [0.1, 0.15) is 31.4 Å². The minimum Gasteiger partial charge on any atom is -0.348 e. The van der Waals surface area contributed by atoms with E-state index in [1.807, 2.05) is 0 Å². The number of hydrogen-bond acceptors (Lipinski definition) is 4. The molecule has 1 aromatic carbocycles. The summed E-state index contributed by atoms with van der Waals surface area (Å²) >= 11 is 12.2. The van der Waals surface area contributed by atoms with Gasteiger partial charge in [0, 0.05) is 6.26 Å². The van der Waals surface area contributed by atoms with E-state index in [0.717, 1.165) is 6.26 Å². The maximum absolute atomic E-state index is 12.8. The van der Waals surface area contributed by atoms with Gasteiger partial charge in [-0.15, -0.1) is 0 Å². The fourth-order valence-corrected chi connectivity index (χ4v) is 4.67. The Morgan fingerprint density at radius 1 is 1.30 bits per heavy atom. The molecule has 0 spiro atoms. The van der Waals surface area contributed by atoms with Gasteiger partial charge >= 0.3 is 0 Å². The van der Waals surface area contributed by atoms with Gasteiger partial charge in [0.15, 0.2) is 14.6 Å². The first-order valence-corrected chi connectivity index (χ1v) is 9.99. The third-order valence-electron chi connectivity index (χ3n) is 4.33. The van der Waals surface area contributed by atoms with Gasteiger partial charge in [0.05, 0.1) is 16.1 Å². The van der Waals surface area contributed by atoms with Crippen molar-refractivity contribution < 1.29 is 13.2 Å². The minimum absolute atomic E-state index is 0.258. The Hall–Kier alpha value is -0.820. The van der Waals surface area contributed by atoms with Crippen LogP contribution in [-0.4, -0.2) is 38.4 Å². The van der Waals surface area contributed by atoms with Gasteiger partial charge in [-0.2, -0.15) is 0 Å². The van der Waals surface area contributed by atoms with Crippen molar-refractivity contribution in [2.45, 2.75) is 30.6 Å². The Morgan fingerprint density at radius 3 is 2.48 bits per heavy atom. The quantitative estimate of drug-likeness (QED) is 0.842. The lowest BCUT2D eigenvalue weighted by Gasteiger charge is -2.35. The molecule has 1 aliphatic rings. The van der Waals surface area contributed by atoms with E-state index in [1.54, 1.807) is 25.1 Å². The van der Waals surface area contributed by atoms with Crippen LogP contribution in [0.25, 0.3) is 0 Å². The zero-order valence-corrected chi connectivity index (χ0v) is 15.4. The van der Waals surface area contributed by atoms with Crippen LogP contribution in [0.3, 0.4) is 0 Å². The lowest BCUT2D eigenvalue weighted by atomic mass is 9.95. The summed E-state index contributed by atoms with van der Waals surface area (Å²) in [5.41, 5.74) is 0.658. The van der Waals surface area contributed by atoms with Gasteiger partial charge in [-0.25, -0.2) is 8.42 Å². The molecule has 1 amide bonds. The van der Waals surface area contributed by atoms with Crippen LogP contribution in [0.4, 0.5) is 0 Å². The summed E-state index contributed by atoms with van der Waals surface area (Å²) in [5.74, 6) is -0.481. The highest BCUT2D eigenvalue weighted by Crippen LogP contribution is 2.32. The Kier molecular flexibility index (Phi) is 5.61. The molecular formula is C15H20Cl2N2O3S. The maximum Gasteiger partial charge on any atom is 0.242 e. The molecule has 5 nitrogen and oxygen atoms in total. The smallest absolute Gasteiger partial charge is 0.242 e. The number of halogens is 2. The molecule has 1 saturated heterocycles. The van der Waals surface area contributed by atoms with Crippen molar-refractivity contribution in [3.8, 4) is 0 Å². The highest BCUT2D eigenvalue weighted by Gasteiger charge is 2.48. The first kappa shape index (κ1) is 18.5. The number of piperidine rings is 1. The van der Waals surface area contributed by atoms with Gasteiger partial charge in [0.2, 0.25) is 5.91 Å². The van der Waals surface area contributed by atoms with E-state index >= 15 is 0 Å². The molecule has 2 N–H and O–H groups in total. The van der Waals surface area contributed by atoms with Crippen LogP contribution < -0.4 is 10.6 Å². The number of hydrogen-bond donors (Lipinski definition) is 2. The second-order valence-electron chi connectivity index (χ2n) is 5.85. The fraction of sp³-hybridized carbons (Fsp3) is 0.533. The van der Waals surface area contributed by atoms with Crippen LogP contribution in [0.2, 0.25) is 10.0 Å². The summed E-state index contributed by atoms with van der Waals surface area (Å²) in [4.78, 5) is 12.8. The van der Waals surface area contributed by atoms with Crippen LogP contribution in [0.15, 0.2) is 18.2 Å². The molecule has 1 heterocycles. The van der Waals surface area contributed by atoms with E-state index in [1.165, 1.54) is 0 Å². The van der Waals surface area contributed by atoms with Gasteiger partial charge < -0.3 is 10.6 Å². The van der Waals surface area contributed by atoms with E-state index in [9.17, 15) is 13.2 Å². The molecular weight excluding hydrogens is 359 g/mol. The Bertz CT molecular complexity index is 701. The van der Waals surface area contributed by atoms with Gasteiger partial charge in [-0.3, -0.25) is 4.79 Å². The van der Waals surface area contributed by atoms with Crippen molar-refractivity contribution in [3.05, 3.63) is 33.8 Å². The molecule has 0 saturated carbocycles. The average molecular weight is 379 g/mol. The average Bonchev–Trinajstić information content (AvgIpc) is 2.49. The SMILES string of the molecule is CC(NC(=O)C1(S(C)(=O)=O)CCNCC1)c1cccc(Cl)c1Cl. The molecule has 1 aliphatic heterocycles. The minimum atomic E-state index is -3.54. The molecule has 1 atom stereocenters. The fourth-order valence-electron chi connectivity index (χ4n) is 2.86. The van der Waals surface area contributed by atoms with Crippen molar-refractivity contribution in [1.82, 2.24) is 10.6 Å². The number of carbonyl (C=O) groups is 1. The predicted octanol–water partition coefficient (Wildman–Crippen LogP) is 2.34. The highest BCUT2D eigenvalue weighted by atomic mass is 35.5. The lowest BCUT2D eigenvalue weighted by molar-refractivity contribution is -0.125. The second-order valence-corrected chi connectivity index (χ2v) is 8.97. The van der Waals surface area contributed by atoms with Crippen molar-refractivity contribution in [2.24, 2.45) is 0 Å². The summed E-state index contributed by atoms with van der Waals surface area (Å²) in [6.07, 6.45) is 1.64. The van der Waals surface area contributed by atoms with Crippen LogP contribution in [0.5, 0.6) is 0 Å². The van der Waals surface area contributed by atoms with E-state index in [4.69, 9.17) is 23.2 Å². The summed E-state index contributed by atoms with van der Waals surface area (Å²) in [6, 6.07) is 4.71. The summed E-state index contributed by atoms with van der Waals surface area (Å²) < 4.78 is 23.1. The van der Waals surface area contributed by atoms with E-state index in [-0.39, 0.29) is 12.8 Å². The molecule has 0 bridgehead atoms. The molecule has 0 aromatic heterocycles. The van der Waals surface area contributed by atoms with E-state index < -0.39 is 26.5 Å². The van der Waals surface area contributed by atoms with Gasteiger partial charge in [0.1, 0.15) is 0 Å². The topological polar surface area (TPSA) is 75.3 Å². The summed E-state index contributed by atoms with van der Waals surface area (Å²) in [5, 5.41) is 6.63. The van der Waals surface area contributed by atoms with Crippen molar-refractivity contribution in [2.75, 3.05) is 19.3 Å². The van der Waals surface area contributed by atoms with Crippen LogP contribution in [0, 0.1) is 0 Å².